The minimum absolute atomic E-state index is 0.652. The van der Waals surface area contributed by atoms with Crippen LogP contribution in [-0.2, 0) is 0 Å². The number of hydrogen-bond acceptors (Lipinski definition) is 0. The van der Waals surface area contributed by atoms with Crippen LogP contribution in [0.4, 0.5) is 0 Å². The highest BCUT2D eigenvalue weighted by Gasteiger charge is 2.10. The number of rotatable bonds is 6. The highest BCUT2D eigenvalue weighted by Crippen LogP contribution is 2.29. The van der Waals surface area contributed by atoms with Crippen molar-refractivity contribution in [1.82, 2.24) is 0 Å². The molecule has 0 aliphatic carbocycles. The molecule has 0 radical (unpaired) electrons. The molecule has 1 aromatic rings. The standard InChI is InChI=1S/C16H24/c1-5-7-10-14(4)16-12-9-8-11-15(16)13(3)6-2/h8-9,11-12,14H,3,5-7,10H2,1-2,4H3. The Morgan fingerprint density at radius 1 is 1.25 bits per heavy atom. The summed E-state index contributed by atoms with van der Waals surface area (Å²) in [7, 11) is 0. The van der Waals surface area contributed by atoms with Crippen molar-refractivity contribution in [2.24, 2.45) is 0 Å². The van der Waals surface area contributed by atoms with E-state index in [1.165, 1.54) is 36.0 Å². The molecule has 16 heavy (non-hydrogen) atoms. The molecule has 1 aromatic carbocycles. The fourth-order valence-corrected chi connectivity index (χ4v) is 2.10. The van der Waals surface area contributed by atoms with Gasteiger partial charge in [-0.2, -0.15) is 0 Å². The minimum atomic E-state index is 0.652. The first-order valence-electron chi connectivity index (χ1n) is 6.47. The summed E-state index contributed by atoms with van der Waals surface area (Å²) in [6, 6.07) is 8.73. The molecule has 0 spiro atoms. The van der Waals surface area contributed by atoms with Crippen LogP contribution in [0.15, 0.2) is 30.8 Å². The molecule has 1 unspecified atom stereocenters. The summed E-state index contributed by atoms with van der Waals surface area (Å²) in [4.78, 5) is 0. The molecule has 0 aliphatic heterocycles. The Morgan fingerprint density at radius 2 is 1.94 bits per heavy atom. The van der Waals surface area contributed by atoms with E-state index in [1.807, 2.05) is 0 Å². The van der Waals surface area contributed by atoms with Gasteiger partial charge in [-0.3, -0.25) is 0 Å². The lowest BCUT2D eigenvalue weighted by Gasteiger charge is -2.17. The van der Waals surface area contributed by atoms with Gasteiger partial charge in [-0.05, 0) is 35.5 Å². The molecule has 88 valence electrons. The Kier molecular flexibility index (Phi) is 5.31. The third-order valence-electron chi connectivity index (χ3n) is 3.29. The van der Waals surface area contributed by atoms with Crippen LogP contribution in [0.1, 0.15) is 63.5 Å². The predicted molar refractivity (Wildman–Crippen MR) is 73.7 cm³/mol. The first-order chi connectivity index (χ1) is 7.70. The highest BCUT2D eigenvalue weighted by molar-refractivity contribution is 5.66. The van der Waals surface area contributed by atoms with E-state index in [9.17, 15) is 0 Å². The lowest BCUT2D eigenvalue weighted by atomic mass is 9.88. The second-order valence-corrected chi connectivity index (χ2v) is 4.59. The molecule has 0 aromatic heterocycles. The van der Waals surface area contributed by atoms with Gasteiger partial charge in [-0.25, -0.2) is 0 Å². The normalized spacial score (nSPS) is 12.4. The summed E-state index contributed by atoms with van der Waals surface area (Å²) in [6.45, 7) is 10.9. The number of allylic oxidation sites excluding steroid dienone is 1. The van der Waals surface area contributed by atoms with Crippen molar-refractivity contribution in [2.45, 2.75) is 52.4 Å². The number of hydrogen-bond donors (Lipinski definition) is 0. The fraction of sp³-hybridized carbons (Fsp3) is 0.500. The molecule has 0 heterocycles. The highest BCUT2D eigenvalue weighted by atomic mass is 14.2. The lowest BCUT2D eigenvalue weighted by molar-refractivity contribution is 0.623. The molecule has 0 amide bonds. The monoisotopic (exact) mass is 216 g/mol. The van der Waals surface area contributed by atoms with Crippen molar-refractivity contribution >= 4 is 5.57 Å². The van der Waals surface area contributed by atoms with Crippen LogP contribution in [0.25, 0.3) is 5.57 Å². The summed E-state index contributed by atoms with van der Waals surface area (Å²) >= 11 is 0. The van der Waals surface area contributed by atoms with Crippen molar-refractivity contribution < 1.29 is 0 Å². The lowest BCUT2D eigenvalue weighted by Crippen LogP contribution is -1.98. The zero-order valence-corrected chi connectivity index (χ0v) is 10.9. The van der Waals surface area contributed by atoms with Gasteiger partial charge in [0, 0.05) is 0 Å². The average molecular weight is 216 g/mol. The second kappa shape index (κ2) is 6.52. The zero-order valence-electron chi connectivity index (χ0n) is 10.9. The molecule has 0 heteroatoms. The topological polar surface area (TPSA) is 0 Å². The zero-order chi connectivity index (χ0) is 12.0. The summed E-state index contributed by atoms with van der Waals surface area (Å²) in [5, 5.41) is 0. The smallest absolute Gasteiger partial charge is 0.0184 e. The van der Waals surface area contributed by atoms with Gasteiger partial charge in [0.1, 0.15) is 0 Å². The third kappa shape index (κ3) is 3.23. The average Bonchev–Trinajstić information content (AvgIpc) is 2.35. The Hall–Kier alpha value is -1.04. The van der Waals surface area contributed by atoms with Crippen LogP contribution >= 0.6 is 0 Å². The molecule has 1 atom stereocenters. The summed E-state index contributed by atoms with van der Waals surface area (Å²) < 4.78 is 0. The SMILES string of the molecule is C=C(CC)c1ccccc1C(C)CCCC. The fourth-order valence-electron chi connectivity index (χ4n) is 2.10. The Labute approximate surface area is 100 Å². The molecule has 0 nitrogen and oxygen atoms in total. The van der Waals surface area contributed by atoms with Gasteiger partial charge in [-0.15, -0.1) is 0 Å². The molecule has 0 aliphatic rings. The molecule has 0 N–H and O–H groups in total. The molecular weight excluding hydrogens is 192 g/mol. The Morgan fingerprint density at radius 3 is 2.56 bits per heavy atom. The van der Waals surface area contributed by atoms with Crippen molar-refractivity contribution in [3.8, 4) is 0 Å². The van der Waals surface area contributed by atoms with E-state index in [2.05, 4.69) is 51.6 Å². The van der Waals surface area contributed by atoms with Gasteiger partial charge in [0.05, 0.1) is 0 Å². The number of unbranched alkanes of at least 4 members (excludes halogenated alkanes) is 1. The van der Waals surface area contributed by atoms with E-state index in [1.54, 1.807) is 0 Å². The van der Waals surface area contributed by atoms with E-state index in [-0.39, 0.29) is 0 Å². The molecular formula is C16H24. The van der Waals surface area contributed by atoms with Crippen molar-refractivity contribution in [3.05, 3.63) is 42.0 Å². The minimum Gasteiger partial charge on any atom is -0.0952 e. The first-order valence-corrected chi connectivity index (χ1v) is 6.47. The van der Waals surface area contributed by atoms with E-state index in [0.29, 0.717) is 5.92 Å². The van der Waals surface area contributed by atoms with E-state index < -0.39 is 0 Å². The largest absolute Gasteiger partial charge is 0.0952 e. The first kappa shape index (κ1) is 13.0. The van der Waals surface area contributed by atoms with Crippen LogP contribution in [-0.4, -0.2) is 0 Å². The van der Waals surface area contributed by atoms with Gasteiger partial charge in [0.25, 0.3) is 0 Å². The predicted octanol–water partition coefficient (Wildman–Crippen LogP) is 5.40. The van der Waals surface area contributed by atoms with Gasteiger partial charge >= 0.3 is 0 Å². The summed E-state index contributed by atoms with van der Waals surface area (Å²) in [6.07, 6.45) is 4.91. The van der Waals surface area contributed by atoms with Crippen LogP contribution in [0, 0.1) is 0 Å². The van der Waals surface area contributed by atoms with E-state index in [4.69, 9.17) is 0 Å². The van der Waals surface area contributed by atoms with Gasteiger partial charge in [0.2, 0.25) is 0 Å². The quantitative estimate of drug-likeness (QED) is 0.597. The molecule has 0 saturated heterocycles. The van der Waals surface area contributed by atoms with Crippen molar-refractivity contribution in [1.29, 1.82) is 0 Å². The maximum absolute atomic E-state index is 4.17. The maximum Gasteiger partial charge on any atom is -0.0184 e. The van der Waals surface area contributed by atoms with Crippen molar-refractivity contribution in [3.63, 3.8) is 0 Å². The van der Waals surface area contributed by atoms with Crippen molar-refractivity contribution in [2.75, 3.05) is 0 Å². The Balaban J connectivity index is 2.89. The van der Waals surface area contributed by atoms with Crippen LogP contribution < -0.4 is 0 Å². The maximum atomic E-state index is 4.17. The van der Waals surface area contributed by atoms with Gasteiger partial charge in [0.15, 0.2) is 0 Å². The van der Waals surface area contributed by atoms with E-state index >= 15 is 0 Å². The Bertz CT molecular complexity index is 336. The summed E-state index contributed by atoms with van der Waals surface area (Å²) in [5.74, 6) is 0.652. The third-order valence-corrected chi connectivity index (χ3v) is 3.29. The molecule has 0 bridgehead atoms. The molecule has 0 saturated carbocycles. The van der Waals surface area contributed by atoms with Crippen LogP contribution in [0.2, 0.25) is 0 Å². The van der Waals surface area contributed by atoms with E-state index in [0.717, 1.165) is 6.42 Å². The summed E-state index contributed by atoms with van der Waals surface area (Å²) in [5.41, 5.74) is 4.11. The number of benzene rings is 1. The van der Waals surface area contributed by atoms with Crippen LogP contribution in [0.5, 0.6) is 0 Å². The second-order valence-electron chi connectivity index (χ2n) is 4.59. The van der Waals surface area contributed by atoms with Crippen LogP contribution in [0.3, 0.4) is 0 Å². The molecule has 1 rings (SSSR count). The van der Waals surface area contributed by atoms with Gasteiger partial charge in [-0.1, -0.05) is 64.5 Å². The molecule has 0 fully saturated rings. The van der Waals surface area contributed by atoms with Gasteiger partial charge < -0.3 is 0 Å².